The molecule has 4 nitrogen and oxygen atoms in total. The summed E-state index contributed by atoms with van der Waals surface area (Å²) < 4.78 is 10.8. The van der Waals surface area contributed by atoms with Gasteiger partial charge in [0.25, 0.3) is 0 Å². The second kappa shape index (κ2) is 8.34. The Hall–Kier alpha value is -2.33. The van der Waals surface area contributed by atoms with Gasteiger partial charge in [-0.1, -0.05) is 48.0 Å². The number of amides is 1. The summed E-state index contributed by atoms with van der Waals surface area (Å²) in [6.07, 6.45) is 0. The first-order valence-electron chi connectivity index (χ1n) is 7.65. The van der Waals surface area contributed by atoms with Gasteiger partial charge in [0.2, 0.25) is 5.91 Å². The SMILES string of the molecule is COc1ccc(C)cc1C(C)NC(=O)COCc1ccccc1. The average Bonchev–Trinajstić information content (AvgIpc) is 2.55. The van der Waals surface area contributed by atoms with Crippen LogP contribution in [-0.2, 0) is 16.1 Å². The van der Waals surface area contributed by atoms with Crippen LogP contribution in [0.3, 0.4) is 0 Å². The largest absolute Gasteiger partial charge is 0.496 e. The molecule has 0 aromatic heterocycles. The molecule has 0 saturated carbocycles. The van der Waals surface area contributed by atoms with Gasteiger partial charge in [-0.3, -0.25) is 4.79 Å². The maximum Gasteiger partial charge on any atom is 0.246 e. The van der Waals surface area contributed by atoms with Crippen molar-refractivity contribution in [3.05, 3.63) is 65.2 Å². The van der Waals surface area contributed by atoms with E-state index in [4.69, 9.17) is 9.47 Å². The zero-order chi connectivity index (χ0) is 16.7. The van der Waals surface area contributed by atoms with Crippen LogP contribution in [0.4, 0.5) is 0 Å². The van der Waals surface area contributed by atoms with Crippen molar-refractivity contribution in [3.8, 4) is 5.75 Å². The maximum absolute atomic E-state index is 12.0. The number of nitrogens with one attached hydrogen (secondary N) is 1. The van der Waals surface area contributed by atoms with Crippen molar-refractivity contribution in [2.24, 2.45) is 0 Å². The Bertz CT molecular complexity index is 640. The minimum absolute atomic E-state index is 0.0351. The van der Waals surface area contributed by atoms with Crippen molar-refractivity contribution >= 4 is 5.91 Å². The highest BCUT2D eigenvalue weighted by atomic mass is 16.5. The van der Waals surface area contributed by atoms with Gasteiger partial charge in [0.1, 0.15) is 12.4 Å². The Labute approximate surface area is 137 Å². The van der Waals surface area contributed by atoms with Crippen LogP contribution in [0.25, 0.3) is 0 Å². The van der Waals surface area contributed by atoms with Crippen LogP contribution in [0.5, 0.6) is 5.75 Å². The molecule has 0 aliphatic carbocycles. The summed E-state index contributed by atoms with van der Waals surface area (Å²) in [5.74, 6) is 0.630. The Morgan fingerprint density at radius 1 is 1.17 bits per heavy atom. The number of hydrogen-bond donors (Lipinski definition) is 1. The summed E-state index contributed by atoms with van der Waals surface area (Å²) in [5, 5.41) is 2.94. The molecule has 1 N–H and O–H groups in total. The predicted octanol–water partition coefficient (Wildman–Crippen LogP) is 3.40. The van der Waals surface area contributed by atoms with E-state index in [2.05, 4.69) is 5.32 Å². The molecule has 0 heterocycles. The molecule has 122 valence electrons. The number of rotatable bonds is 7. The second-order valence-electron chi connectivity index (χ2n) is 5.51. The third-order valence-electron chi connectivity index (χ3n) is 3.57. The molecule has 0 saturated heterocycles. The lowest BCUT2D eigenvalue weighted by molar-refractivity contribution is -0.126. The topological polar surface area (TPSA) is 47.6 Å². The number of aryl methyl sites for hydroxylation is 1. The van der Waals surface area contributed by atoms with Gasteiger partial charge in [0, 0.05) is 5.56 Å². The third-order valence-corrected chi connectivity index (χ3v) is 3.57. The Kier molecular flexibility index (Phi) is 6.18. The molecule has 23 heavy (non-hydrogen) atoms. The Balaban J connectivity index is 1.86. The van der Waals surface area contributed by atoms with Crippen LogP contribution in [0.15, 0.2) is 48.5 Å². The summed E-state index contributed by atoms with van der Waals surface area (Å²) in [6, 6.07) is 15.6. The van der Waals surface area contributed by atoms with Crippen LogP contribution in [-0.4, -0.2) is 19.6 Å². The molecular weight excluding hydrogens is 290 g/mol. The molecule has 4 heteroatoms. The molecule has 2 rings (SSSR count). The number of ether oxygens (including phenoxy) is 2. The first kappa shape index (κ1) is 17.0. The highest BCUT2D eigenvalue weighted by molar-refractivity contribution is 5.77. The van der Waals surface area contributed by atoms with Gasteiger partial charge < -0.3 is 14.8 Å². The molecule has 1 unspecified atom stereocenters. The highest BCUT2D eigenvalue weighted by Crippen LogP contribution is 2.25. The van der Waals surface area contributed by atoms with E-state index in [1.165, 1.54) is 0 Å². The van der Waals surface area contributed by atoms with Gasteiger partial charge in [-0.2, -0.15) is 0 Å². The Morgan fingerprint density at radius 3 is 2.61 bits per heavy atom. The fraction of sp³-hybridized carbons (Fsp3) is 0.316. The van der Waals surface area contributed by atoms with Gasteiger partial charge in [-0.05, 0) is 25.5 Å². The van der Waals surface area contributed by atoms with Crippen LogP contribution in [0.1, 0.15) is 29.7 Å². The average molecular weight is 313 g/mol. The van der Waals surface area contributed by atoms with E-state index < -0.39 is 0 Å². The number of benzene rings is 2. The molecule has 2 aromatic carbocycles. The molecule has 0 fully saturated rings. The lowest BCUT2D eigenvalue weighted by Gasteiger charge is -2.18. The lowest BCUT2D eigenvalue weighted by Crippen LogP contribution is -2.30. The summed E-state index contributed by atoms with van der Waals surface area (Å²) in [4.78, 5) is 12.0. The van der Waals surface area contributed by atoms with E-state index in [9.17, 15) is 4.79 Å². The number of hydrogen-bond acceptors (Lipinski definition) is 3. The van der Waals surface area contributed by atoms with Gasteiger partial charge in [0.15, 0.2) is 0 Å². The molecule has 0 aliphatic heterocycles. The predicted molar refractivity (Wildman–Crippen MR) is 90.4 cm³/mol. The monoisotopic (exact) mass is 313 g/mol. The van der Waals surface area contributed by atoms with Crippen LogP contribution in [0, 0.1) is 6.92 Å². The summed E-state index contributed by atoms with van der Waals surface area (Å²) in [6.45, 7) is 4.41. The molecule has 1 amide bonds. The molecule has 0 aliphatic rings. The fourth-order valence-corrected chi connectivity index (χ4v) is 2.39. The summed E-state index contributed by atoms with van der Waals surface area (Å²) >= 11 is 0. The van der Waals surface area contributed by atoms with Crippen molar-refractivity contribution in [1.29, 1.82) is 0 Å². The van der Waals surface area contributed by atoms with E-state index in [1.54, 1.807) is 7.11 Å². The van der Waals surface area contributed by atoms with Gasteiger partial charge in [0.05, 0.1) is 19.8 Å². The van der Waals surface area contributed by atoms with Gasteiger partial charge in [-0.25, -0.2) is 0 Å². The standard InChI is InChI=1S/C19H23NO3/c1-14-9-10-18(22-3)17(11-14)15(2)20-19(21)13-23-12-16-7-5-4-6-8-16/h4-11,15H,12-13H2,1-3H3,(H,20,21). The second-order valence-corrected chi connectivity index (χ2v) is 5.51. The quantitative estimate of drug-likeness (QED) is 0.852. The number of carbonyl (C=O) groups excluding carboxylic acids is 1. The van der Waals surface area contributed by atoms with Crippen LogP contribution in [0.2, 0.25) is 0 Å². The molecule has 0 spiro atoms. The van der Waals surface area contributed by atoms with Gasteiger partial charge in [-0.15, -0.1) is 0 Å². The normalized spacial score (nSPS) is 11.8. The minimum atomic E-state index is -0.142. The number of methoxy groups -OCH3 is 1. The van der Waals surface area contributed by atoms with E-state index in [-0.39, 0.29) is 18.6 Å². The zero-order valence-corrected chi connectivity index (χ0v) is 13.8. The molecule has 0 bridgehead atoms. The van der Waals surface area contributed by atoms with E-state index >= 15 is 0 Å². The first-order valence-corrected chi connectivity index (χ1v) is 7.65. The summed E-state index contributed by atoms with van der Waals surface area (Å²) in [7, 11) is 1.63. The van der Waals surface area contributed by atoms with Crippen molar-refractivity contribution in [2.45, 2.75) is 26.5 Å². The smallest absolute Gasteiger partial charge is 0.246 e. The van der Waals surface area contributed by atoms with E-state index in [0.717, 1.165) is 22.4 Å². The van der Waals surface area contributed by atoms with Crippen LogP contribution < -0.4 is 10.1 Å². The summed E-state index contributed by atoms with van der Waals surface area (Å²) in [5.41, 5.74) is 3.14. The fourth-order valence-electron chi connectivity index (χ4n) is 2.39. The highest BCUT2D eigenvalue weighted by Gasteiger charge is 2.14. The molecule has 0 radical (unpaired) electrons. The Morgan fingerprint density at radius 2 is 1.91 bits per heavy atom. The lowest BCUT2D eigenvalue weighted by atomic mass is 10.0. The number of carbonyl (C=O) groups is 1. The van der Waals surface area contributed by atoms with Crippen molar-refractivity contribution < 1.29 is 14.3 Å². The maximum atomic E-state index is 12.0. The van der Waals surface area contributed by atoms with Crippen molar-refractivity contribution in [3.63, 3.8) is 0 Å². The third kappa shape index (κ3) is 5.11. The van der Waals surface area contributed by atoms with Gasteiger partial charge >= 0.3 is 0 Å². The molecule has 2 aromatic rings. The van der Waals surface area contributed by atoms with Crippen LogP contribution >= 0.6 is 0 Å². The molecule has 1 atom stereocenters. The zero-order valence-electron chi connectivity index (χ0n) is 13.8. The van der Waals surface area contributed by atoms with Crippen molar-refractivity contribution in [1.82, 2.24) is 5.32 Å². The minimum Gasteiger partial charge on any atom is -0.496 e. The van der Waals surface area contributed by atoms with Crippen molar-refractivity contribution in [2.75, 3.05) is 13.7 Å². The van der Waals surface area contributed by atoms with E-state index in [0.29, 0.717) is 6.61 Å². The van der Waals surface area contributed by atoms with E-state index in [1.807, 2.05) is 62.4 Å². The first-order chi connectivity index (χ1) is 11.1. The molecular formula is C19H23NO3.